The molecule has 150 heavy (non-hydrogen) atoms. The van der Waals surface area contributed by atoms with Gasteiger partial charge >= 0.3 is 0 Å². The topological polar surface area (TPSA) is 42.0 Å². The fraction of sp³-hybridized carbons (Fsp3) is 0.193. The van der Waals surface area contributed by atoms with Crippen molar-refractivity contribution in [3.8, 4) is 73.1 Å². The number of rotatable bonds is 9. The van der Waals surface area contributed by atoms with Crippen molar-refractivity contribution in [2.45, 2.75) is 145 Å². The predicted molar refractivity (Wildman–Crippen MR) is 628 cm³/mol. The number of aryl methyl sites for hydroxylation is 15. The summed E-state index contributed by atoms with van der Waals surface area (Å²) in [7, 11) is 10.8. The molecule has 10 heteroatoms. The van der Waals surface area contributed by atoms with Gasteiger partial charge in [0.15, 0.2) is 22.8 Å². The van der Waals surface area contributed by atoms with Crippen LogP contribution in [0.3, 0.4) is 0 Å². The largest absolute Gasteiger partial charge is 0.295 e. The molecule has 2 fully saturated rings. The Morgan fingerprint density at radius 3 is 0.920 bits per heavy atom. The highest BCUT2D eigenvalue weighted by atomic mass is 15.2. The van der Waals surface area contributed by atoms with Crippen LogP contribution in [-0.2, 0) is 35.2 Å². The first-order valence-electron chi connectivity index (χ1n) is 54.0. The van der Waals surface area contributed by atoms with Gasteiger partial charge in [-0.15, -0.1) is 0 Å². The second-order valence-corrected chi connectivity index (χ2v) is 42.7. The van der Waals surface area contributed by atoms with Crippen LogP contribution in [-0.4, -0.2) is 22.2 Å². The van der Waals surface area contributed by atoms with Crippen LogP contribution in [0.1, 0.15) is 143 Å². The fourth-order valence-electron chi connectivity index (χ4n) is 26.2. The molecule has 26 aromatic rings. The van der Waals surface area contributed by atoms with Gasteiger partial charge in [0.2, 0.25) is 0 Å². The Morgan fingerprint density at radius 2 is 0.520 bits per heavy atom. The fourth-order valence-corrected chi connectivity index (χ4v) is 26.2. The van der Waals surface area contributed by atoms with E-state index in [0.717, 1.165) is 0 Å². The molecule has 28 rings (SSSR count). The molecule has 16 aromatic carbocycles. The summed E-state index contributed by atoms with van der Waals surface area (Å²) in [5.74, 6) is 2.53. The van der Waals surface area contributed by atoms with Crippen LogP contribution < -0.4 is 22.8 Å². The number of hydrogen-bond donors (Lipinski definition) is 0. The Morgan fingerprint density at radius 1 is 0.220 bits per heavy atom. The average molecular weight is 1950 g/mol. The lowest BCUT2D eigenvalue weighted by Gasteiger charge is -2.29. The second kappa shape index (κ2) is 39.5. The summed E-state index contributed by atoms with van der Waals surface area (Å²) in [6, 6.07) is 130. The maximum absolute atomic E-state index is 2.61. The molecule has 0 atom stereocenters. The maximum Gasteiger partial charge on any atom is 0.295 e. The molecule has 736 valence electrons. The quantitative estimate of drug-likeness (QED) is 0.102. The van der Waals surface area contributed by atoms with Crippen molar-refractivity contribution < 1.29 is 22.8 Å². The Bertz CT molecular complexity index is 9720. The first-order valence-corrected chi connectivity index (χ1v) is 54.0. The lowest BCUT2D eigenvalue weighted by atomic mass is 9.76. The number of nitrogens with zero attached hydrogens (tertiary/aromatic N) is 10. The van der Waals surface area contributed by atoms with Gasteiger partial charge in [0.05, 0.1) is 63.0 Å². The van der Waals surface area contributed by atoms with Crippen LogP contribution in [0.15, 0.2) is 389 Å². The van der Waals surface area contributed by atoms with E-state index in [1.54, 1.807) is 16.7 Å². The molecule has 10 aromatic heterocycles. The summed E-state index contributed by atoms with van der Waals surface area (Å²) >= 11 is 0. The van der Waals surface area contributed by atoms with Crippen molar-refractivity contribution in [1.29, 1.82) is 0 Å². The third kappa shape index (κ3) is 16.3. The highest BCUT2D eigenvalue weighted by Crippen LogP contribution is 2.50. The van der Waals surface area contributed by atoms with E-state index < -0.39 is 0 Å². The molecule has 0 amide bonds. The van der Waals surface area contributed by atoms with Crippen molar-refractivity contribution in [3.63, 3.8) is 0 Å². The van der Waals surface area contributed by atoms with E-state index in [1.807, 2.05) is 0 Å². The molecule has 0 N–H and O–H groups in total. The zero-order valence-electron chi connectivity index (χ0n) is 89.1. The normalized spacial score (nSPS) is 13.1. The molecule has 0 unspecified atom stereocenters. The number of hydrogen-bond acceptors (Lipinski definition) is 0. The molecule has 2 saturated carbocycles. The maximum atomic E-state index is 2.61. The Labute approximate surface area is 879 Å². The van der Waals surface area contributed by atoms with Crippen molar-refractivity contribution in [1.82, 2.24) is 22.2 Å². The minimum absolute atomic E-state index is 0.677. The first-order chi connectivity index (χ1) is 73.3. The van der Waals surface area contributed by atoms with Gasteiger partial charge < -0.3 is 0 Å². The number of fused-ring (bicyclic) bond motifs is 27. The van der Waals surface area contributed by atoms with Gasteiger partial charge in [-0.1, -0.05) is 341 Å². The van der Waals surface area contributed by atoms with Gasteiger partial charge in [-0.3, -0.25) is 0 Å². The lowest BCUT2D eigenvalue weighted by Crippen LogP contribution is -2.33. The third-order valence-electron chi connectivity index (χ3n) is 33.0. The van der Waals surface area contributed by atoms with Crippen LogP contribution in [0, 0.1) is 69.2 Å². The molecule has 0 saturated heterocycles. The van der Waals surface area contributed by atoms with Crippen LogP contribution in [0.25, 0.3) is 204 Å². The summed E-state index contributed by atoms with van der Waals surface area (Å²) < 4.78 is 23.8. The molecule has 10 nitrogen and oxygen atoms in total. The summed E-state index contributed by atoms with van der Waals surface area (Å²) in [5.41, 5.74) is 44.4. The van der Waals surface area contributed by atoms with E-state index >= 15 is 0 Å². The molecule has 2 aliphatic carbocycles. The van der Waals surface area contributed by atoms with Gasteiger partial charge in [-0.25, -0.2) is 22.8 Å². The SMILES string of the molecule is Cc1ccc2c(c1)c1cccc(C)c1c1n2c(-c2c(C)cccc2C)c[n+]1C.Cc1cccc(C)c1-c1c[n+](C)c2c3c(C)cccc3c3ccccc3n12.Cc1cccc2c3ccccc3n(-c3cccc[n+]3C)c12.Cc1cccc2c3ccccc3n3c(-c4c(-c5ccccc5)cccc4-c4ccccc4)c[n+](C)c3c12.Cc1cccc2c3ccccc3n3c(-c4c(C5CCCCC5)cccc4C4CCCCC4)c[n+](C)c3c12. The number of aromatic nitrogens is 10. The molecule has 2 aliphatic rings. The summed E-state index contributed by atoms with van der Waals surface area (Å²) in [6.07, 6.45) is 25.0. The summed E-state index contributed by atoms with van der Waals surface area (Å²) in [6.45, 7) is 22.1. The molecule has 0 spiro atoms. The zero-order chi connectivity index (χ0) is 103. The van der Waals surface area contributed by atoms with Gasteiger partial charge in [0.25, 0.3) is 28.4 Å². The van der Waals surface area contributed by atoms with Crippen molar-refractivity contribution in [3.05, 3.63) is 456 Å². The molecule has 0 bridgehead atoms. The van der Waals surface area contributed by atoms with Crippen molar-refractivity contribution in [2.75, 3.05) is 0 Å². The number of pyridine rings is 5. The number of para-hydroxylation sites is 5. The Kier molecular flexibility index (Phi) is 25.2. The smallest absolute Gasteiger partial charge is 0.237 e. The van der Waals surface area contributed by atoms with Crippen molar-refractivity contribution in [2.24, 2.45) is 35.2 Å². The van der Waals surface area contributed by atoms with E-state index in [0.29, 0.717) is 11.8 Å². The average Bonchev–Trinajstić information content (AvgIpc) is 1.55. The molecule has 10 heterocycles. The van der Waals surface area contributed by atoms with E-state index in [4.69, 9.17) is 0 Å². The van der Waals surface area contributed by atoms with E-state index in [1.165, 1.54) is 318 Å². The highest BCUT2D eigenvalue weighted by molar-refractivity contribution is 6.18. The molecule has 0 aliphatic heterocycles. The lowest BCUT2D eigenvalue weighted by molar-refractivity contribution is -0.665. The molecule has 0 radical (unpaired) electrons. The van der Waals surface area contributed by atoms with Gasteiger partial charge in [-0.2, -0.15) is 22.2 Å². The van der Waals surface area contributed by atoms with Crippen LogP contribution >= 0.6 is 0 Å². The van der Waals surface area contributed by atoms with E-state index in [-0.39, 0.29) is 0 Å². The Balaban J connectivity index is 0.000000101. The van der Waals surface area contributed by atoms with Crippen LogP contribution in [0.2, 0.25) is 0 Å². The predicted octanol–water partition coefficient (Wildman–Crippen LogP) is 33.1. The van der Waals surface area contributed by atoms with Gasteiger partial charge in [0, 0.05) is 82.2 Å². The van der Waals surface area contributed by atoms with E-state index in [9.17, 15) is 0 Å². The number of imidazole rings is 4. The summed E-state index contributed by atoms with van der Waals surface area (Å²) in [5, 5.41) is 18.5. The first kappa shape index (κ1) is 95.5. The monoisotopic (exact) mass is 1950 g/mol. The minimum Gasteiger partial charge on any atom is -0.237 e. The van der Waals surface area contributed by atoms with Gasteiger partial charge in [0.1, 0.15) is 57.9 Å². The van der Waals surface area contributed by atoms with Crippen LogP contribution in [0.5, 0.6) is 0 Å². The second-order valence-electron chi connectivity index (χ2n) is 42.7. The third-order valence-corrected chi connectivity index (χ3v) is 33.0. The molecular weight excluding hydrogens is 1820 g/mol. The van der Waals surface area contributed by atoms with E-state index in [2.05, 4.69) is 538 Å². The highest BCUT2D eigenvalue weighted by Gasteiger charge is 2.36. The molecular formula is C140H131N10+5. The van der Waals surface area contributed by atoms with Crippen LogP contribution in [0.4, 0.5) is 0 Å². The number of benzene rings is 16. The Hall–Kier alpha value is -16.7. The summed E-state index contributed by atoms with van der Waals surface area (Å²) in [4.78, 5) is 0. The minimum atomic E-state index is 0.677. The van der Waals surface area contributed by atoms with Gasteiger partial charge in [-0.05, 0) is 245 Å². The standard InChI is InChI=1S/C35H39N2.C35H27N2.C26H25N2.C25H23N2.C19H17N2/c2*1-24-13-11-21-30-29-18-9-10-22-31(29)37-32(23-36(2)35(37)33(24)30)34-27(25-14-5-3-6-15-25)19-12-20-28(34)26-16-7-4-8-17-26;1-16-12-13-22-21(14-16)20-11-7-10-19(4)25(20)26-27(5)15-23(28(22)26)24-17(2)8-6-9-18(24)3;1-16-9-7-10-17(2)23(16)22-15-26(4)25-24-18(3)11-8-13-20(24)19-12-5-6-14-21(19)27(22)25;1-14-8-7-10-16-15-9-3-4-11-17(15)21(19(14)16)18-12-5-6-13-20(18)2/h9-13,18-23,25-26H,3-8,14-17H2,1-2H3;3-23H,1-2H3;6-15H,1-5H3;5-15H,1-4H3;3-13H,1-2H3/q5*+1. The van der Waals surface area contributed by atoms with Crippen molar-refractivity contribution >= 4 is 131 Å². The zero-order valence-corrected chi connectivity index (χ0v) is 89.1.